The smallest absolute Gasteiger partial charge is 0.312 e. The van der Waals surface area contributed by atoms with Crippen LogP contribution in [0.1, 0.15) is 37.7 Å². The van der Waals surface area contributed by atoms with E-state index in [1.807, 2.05) is 26.8 Å². The molecule has 8 nitrogen and oxygen atoms in total. The van der Waals surface area contributed by atoms with E-state index in [1.54, 1.807) is 4.57 Å². The van der Waals surface area contributed by atoms with Crippen LogP contribution in [-0.4, -0.2) is 38.6 Å². The zero-order valence-electron chi connectivity index (χ0n) is 17.6. The summed E-state index contributed by atoms with van der Waals surface area (Å²) in [5.41, 5.74) is 8.32. The van der Waals surface area contributed by atoms with Crippen LogP contribution in [0, 0.1) is 15.1 Å². The maximum atomic E-state index is 13.9. The summed E-state index contributed by atoms with van der Waals surface area (Å²) in [6.45, 7) is 6.96. The third-order valence-electron chi connectivity index (χ3n) is 5.18. The number of fused-ring (bicyclic) bond motifs is 2. The lowest BCUT2D eigenvalue weighted by atomic mass is 9.96. The number of halogens is 2. The van der Waals surface area contributed by atoms with E-state index < -0.39 is 11.5 Å². The van der Waals surface area contributed by atoms with Crippen LogP contribution in [0.2, 0.25) is 0 Å². The molecule has 3 N–H and O–H groups in total. The average molecular weight is 538 g/mol. The fourth-order valence-electron chi connectivity index (χ4n) is 3.50. The van der Waals surface area contributed by atoms with E-state index in [1.165, 1.54) is 5.56 Å². The molecule has 1 amide bonds. The SMILES string of the molecule is CC(C)(C)C(=O)NCCn1c(Cc2cc3c(cc2I)CCO3)nc2c(N)nc(F)nc21. The van der Waals surface area contributed by atoms with E-state index in [2.05, 4.69) is 48.9 Å². The van der Waals surface area contributed by atoms with E-state index in [0.29, 0.717) is 43.1 Å². The average Bonchev–Trinajstić information content (AvgIpc) is 3.26. The van der Waals surface area contributed by atoms with Gasteiger partial charge in [0.1, 0.15) is 11.6 Å². The number of aromatic nitrogens is 4. The van der Waals surface area contributed by atoms with Crippen molar-refractivity contribution in [1.29, 1.82) is 0 Å². The van der Waals surface area contributed by atoms with Crippen molar-refractivity contribution in [1.82, 2.24) is 24.8 Å². The molecule has 0 unspecified atom stereocenters. The van der Waals surface area contributed by atoms with Crippen molar-refractivity contribution in [3.63, 3.8) is 0 Å². The predicted octanol–water partition coefficient (Wildman–Crippen LogP) is 2.84. The minimum Gasteiger partial charge on any atom is -0.493 e. The first-order valence-corrected chi connectivity index (χ1v) is 11.1. The van der Waals surface area contributed by atoms with Gasteiger partial charge in [-0.1, -0.05) is 20.8 Å². The summed E-state index contributed by atoms with van der Waals surface area (Å²) in [6, 6.07) is 4.16. The number of nitrogens with zero attached hydrogens (tertiary/aromatic N) is 4. The standard InChI is InChI=1S/C21H24FIN6O2/c1-21(2,3)19(30)25-5-6-29-15(26-16-17(24)27-20(22)28-18(16)29)10-12-9-14-11(4-7-31-14)8-13(12)23/h8-9H,4-7,10H2,1-3H3,(H,25,30)(H2,24,27,28). The van der Waals surface area contributed by atoms with Gasteiger partial charge < -0.3 is 20.4 Å². The highest BCUT2D eigenvalue weighted by Crippen LogP contribution is 2.31. The van der Waals surface area contributed by atoms with Crippen molar-refractivity contribution in [2.24, 2.45) is 5.41 Å². The second-order valence-corrected chi connectivity index (χ2v) is 9.72. The fourth-order valence-corrected chi connectivity index (χ4v) is 4.22. The maximum Gasteiger partial charge on any atom is 0.312 e. The Morgan fingerprint density at radius 1 is 1.32 bits per heavy atom. The van der Waals surface area contributed by atoms with E-state index in [4.69, 9.17) is 10.5 Å². The molecule has 10 heteroatoms. The number of imidazole rings is 1. The normalized spacial score (nSPS) is 13.3. The molecule has 1 aliphatic heterocycles. The van der Waals surface area contributed by atoms with Crippen LogP contribution < -0.4 is 15.8 Å². The Kier molecular flexibility index (Phi) is 5.75. The minimum atomic E-state index is -0.906. The van der Waals surface area contributed by atoms with Crippen molar-refractivity contribution < 1.29 is 13.9 Å². The summed E-state index contributed by atoms with van der Waals surface area (Å²) in [4.78, 5) is 24.4. The van der Waals surface area contributed by atoms with Crippen molar-refractivity contribution in [2.75, 3.05) is 18.9 Å². The van der Waals surface area contributed by atoms with Gasteiger partial charge in [0.15, 0.2) is 17.0 Å². The van der Waals surface area contributed by atoms with E-state index in [-0.39, 0.29) is 11.7 Å². The number of hydrogen-bond donors (Lipinski definition) is 2. The highest BCUT2D eigenvalue weighted by atomic mass is 127. The van der Waals surface area contributed by atoms with Gasteiger partial charge in [-0.2, -0.15) is 14.4 Å². The molecule has 1 aliphatic rings. The predicted molar refractivity (Wildman–Crippen MR) is 123 cm³/mol. The molecule has 0 radical (unpaired) electrons. The molecule has 0 saturated carbocycles. The Balaban J connectivity index is 1.68. The maximum absolute atomic E-state index is 13.9. The number of rotatable bonds is 5. The lowest BCUT2D eigenvalue weighted by Crippen LogP contribution is -2.36. The van der Waals surface area contributed by atoms with Gasteiger partial charge in [-0.25, -0.2) is 4.98 Å². The topological polar surface area (TPSA) is 108 Å². The molecule has 0 aliphatic carbocycles. The highest BCUT2D eigenvalue weighted by Gasteiger charge is 2.22. The van der Waals surface area contributed by atoms with Crippen molar-refractivity contribution in [3.05, 3.63) is 38.7 Å². The summed E-state index contributed by atoms with van der Waals surface area (Å²) in [5.74, 6) is 1.49. The van der Waals surface area contributed by atoms with Crippen LogP contribution in [0.15, 0.2) is 12.1 Å². The Hall–Kier alpha value is -2.50. The number of nitrogens with two attached hydrogens (primary N) is 1. The van der Waals surface area contributed by atoms with E-state index in [9.17, 15) is 9.18 Å². The van der Waals surface area contributed by atoms with Crippen molar-refractivity contribution >= 4 is 45.5 Å². The van der Waals surface area contributed by atoms with Gasteiger partial charge in [-0.15, -0.1) is 0 Å². The van der Waals surface area contributed by atoms with Gasteiger partial charge in [-0.05, 0) is 45.9 Å². The molecule has 31 heavy (non-hydrogen) atoms. The van der Waals surface area contributed by atoms with Gasteiger partial charge in [-0.3, -0.25) is 4.79 Å². The Morgan fingerprint density at radius 3 is 2.84 bits per heavy atom. The third-order valence-corrected chi connectivity index (χ3v) is 6.19. The second-order valence-electron chi connectivity index (χ2n) is 8.56. The molecular weight excluding hydrogens is 514 g/mol. The minimum absolute atomic E-state index is 0.00629. The first-order valence-electron chi connectivity index (χ1n) is 10.0. The van der Waals surface area contributed by atoms with Crippen LogP contribution in [0.5, 0.6) is 5.75 Å². The molecule has 0 fully saturated rings. The number of hydrogen-bond acceptors (Lipinski definition) is 6. The van der Waals surface area contributed by atoms with E-state index >= 15 is 0 Å². The molecule has 4 rings (SSSR count). The molecule has 3 aromatic rings. The van der Waals surface area contributed by atoms with Gasteiger partial charge in [0.05, 0.1) is 6.61 Å². The zero-order valence-corrected chi connectivity index (χ0v) is 19.8. The van der Waals surface area contributed by atoms with Crippen molar-refractivity contribution in [3.8, 4) is 5.75 Å². The summed E-state index contributed by atoms with van der Waals surface area (Å²) < 4.78 is 22.5. The van der Waals surface area contributed by atoms with E-state index in [0.717, 1.165) is 21.3 Å². The first-order chi connectivity index (χ1) is 14.6. The monoisotopic (exact) mass is 538 g/mol. The number of nitrogen functional groups attached to an aromatic ring is 1. The third kappa shape index (κ3) is 4.43. The Bertz CT molecular complexity index is 1170. The van der Waals surface area contributed by atoms with Crippen LogP contribution in [0.25, 0.3) is 11.2 Å². The van der Waals surface area contributed by atoms with Crippen LogP contribution in [0.4, 0.5) is 10.2 Å². The summed E-state index contributed by atoms with van der Waals surface area (Å²) in [7, 11) is 0. The first kappa shape index (κ1) is 21.7. The van der Waals surface area contributed by atoms with Crippen LogP contribution in [0.3, 0.4) is 0 Å². The number of amides is 1. The number of ether oxygens (including phenoxy) is 1. The molecule has 3 heterocycles. The van der Waals surface area contributed by atoms with Gasteiger partial charge in [0.2, 0.25) is 5.91 Å². The van der Waals surface area contributed by atoms with Crippen LogP contribution in [-0.2, 0) is 24.2 Å². The van der Waals surface area contributed by atoms with Gasteiger partial charge in [0, 0.05) is 34.9 Å². The molecule has 0 saturated heterocycles. The molecule has 0 bridgehead atoms. The number of carbonyl (C=O) groups is 1. The molecule has 0 atom stereocenters. The molecule has 1 aromatic carbocycles. The number of nitrogens with one attached hydrogen (secondary N) is 1. The quantitative estimate of drug-likeness (QED) is 0.382. The summed E-state index contributed by atoms with van der Waals surface area (Å²) >= 11 is 2.31. The van der Waals surface area contributed by atoms with Crippen LogP contribution >= 0.6 is 22.6 Å². The Morgan fingerprint density at radius 2 is 2.10 bits per heavy atom. The lowest BCUT2D eigenvalue weighted by Gasteiger charge is -2.18. The summed E-state index contributed by atoms with van der Waals surface area (Å²) in [6.07, 6.45) is 0.486. The Labute approximate surface area is 192 Å². The molecule has 0 spiro atoms. The highest BCUT2D eigenvalue weighted by molar-refractivity contribution is 14.1. The molecule has 2 aromatic heterocycles. The lowest BCUT2D eigenvalue weighted by molar-refractivity contribution is -0.128. The number of benzene rings is 1. The number of carbonyl (C=O) groups excluding carboxylic acids is 1. The molecule has 164 valence electrons. The van der Waals surface area contributed by atoms with Crippen molar-refractivity contribution in [2.45, 2.75) is 40.2 Å². The fraction of sp³-hybridized carbons (Fsp3) is 0.429. The number of anilines is 1. The second kappa shape index (κ2) is 8.21. The zero-order chi connectivity index (χ0) is 22.3. The largest absolute Gasteiger partial charge is 0.493 e. The van der Waals surface area contributed by atoms with Gasteiger partial charge in [0.25, 0.3) is 0 Å². The summed E-state index contributed by atoms with van der Waals surface area (Å²) in [5, 5.41) is 2.91. The van der Waals surface area contributed by atoms with Gasteiger partial charge >= 0.3 is 6.08 Å². The molecular formula is C21H24FIN6O2.